The summed E-state index contributed by atoms with van der Waals surface area (Å²) < 4.78 is 0. The van der Waals surface area contributed by atoms with Crippen LogP contribution in [0.1, 0.15) is 11.1 Å². The first-order valence-corrected chi connectivity index (χ1v) is 7.79. The lowest BCUT2D eigenvalue weighted by atomic mass is 10.2. The van der Waals surface area contributed by atoms with E-state index in [1.165, 1.54) is 0 Å². The number of amides is 1. The molecule has 1 unspecified atom stereocenters. The second kappa shape index (κ2) is 7.98. The highest BCUT2D eigenvalue weighted by molar-refractivity contribution is 6.42. The van der Waals surface area contributed by atoms with Crippen molar-refractivity contribution < 1.29 is 9.69 Å². The second-order valence-corrected chi connectivity index (χ2v) is 6.05. The van der Waals surface area contributed by atoms with Gasteiger partial charge in [0.05, 0.1) is 28.7 Å². The number of carbonyl (C=O) groups is 1. The fourth-order valence-electron chi connectivity index (χ4n) is 2.18. The summed E-state index contributed by atoms with van der Waals surface area (Å²) >= 11 is 12.2. The van der Waals surface area contributed by atoms with Crippen LogP contribution in [0.25, 0.3) is 0 Å². The van der Waals surface area contributed by atoms with Gasteiger partial charge in [-0.3, -0.25) is 4.79 Å². The van der Waals surface area contributed by atoms with Crippen LogP contribution in [0.5, 0.6) is 0 Å². The molecule has 4 nitrogen and oxygen atoms in total. The van der Waals surface area contributed by atoms with Gasteiger partial charge in [-0.1, -0.05) is 35.3 Å². The van der Waals surface area contributed by atoms with Crippen molar-refractivity contribution in [3.63, 3.8) is 0 Å². The van der Waals surface area contributed by atoms with Gasteiger partial charge in [-0.05, 0) is 30.3 Å². The van der Waals surface area contributed by atoms with Crippen LogP contribution < -0.4 is 10.2 Å². The maximum atomic E-state index is 12.1. The first kappa shape index (κ1) is 17.3. The monoisotopic (exact) mass is 348 g/mol. The minimum Gasteiger partial charge on any atom is -0.326 e. The Morgan fingerprint density at radius 2 is 1.91 bits per heavy atom. The van der Waals surface area contributed by atoms with Crippen LogP contribution in [-0.2, 0) is 11.3 Å². The van der Waals surface area contributed by atoms with E-state index in [1.54, 1.807) is 30.3 Å². The Kier molecular flexibility index (Phi) is 6.00. The minimum atomic E-state index is -0.106. The smallest absolute Gasteiger partial charge is 0.279 e. The van der Waals surface area contributed by atoms with Crippen LogP contribution in [-0.4, -0.2) is 19.5 Å². The lowest BCUT2D eigenvalue weighted by Crippen LogP contribution is -3.08. The molecule has 1 amide bonds. The molecular weight excluding hydrogens is 333 g/mol. The largest absolute Gasteiger partial charge is 0.326 e. The van der Waals surface area contributed by atoms with E-state index in [-0.39, 0.29) is 5.91 Å². The fraction of sp³-hybridized carbons (Fsp3) is 0.176. The molecule has 0 spiro atoms. The number of nitrogens with zero attached hydrogens (tertiary/aromatic N) is 1. The fourth-order valence-corrected chi connectivity index (χ4v) is 2.57. The van der Waals surface area contributed by atoms with E-state index in [1.807, 2.05) is 25.2 Å². The lowest BCUT2D eigenvalue weighted by Gasteiger charge is -2.15. The van der Waals surface area contributed by atoms with Crippen molar-refractivity contribution >= 4 is 34.8 Å². The molecule has 0 aromatic heterocycles. The molecule has 0 saturated heterocycles. The predicted molar refractivity (Wildman–Crippen MR) is 91.7 cm³/mol. The Morgan fingerprint density at radius 1 is 1.22 bits per heavy atom. The van der Waals surface area contributed by atoms with Gasteiger partial charge in [0.25, 0.3) is 5.91 Å². The quantitative estimate of drug-likeness (QED) is 0.872. The van der Waals surface area contributed by atoms with Gasteiger partial charge in [0.2, 0.25) is 0 Å². The highest BCUT2D eigenvalue weighted by atomic mass is 35.5. The van der Waals surface area contributed by atoms with Gasteiger partial charge in [0, 0.05) is 11.3 Å². The van der Waals surface area contributed by atoms with Gasteiger partial charge >= 0.3 is 0 Å². The number of nitrogens with one attached hydrogen (secondary N) is 2. The number of nitriles is 1. The molecule has 0 aliphatic rings. The number of rotatable bonds is 5. The standard InChI is InChI=1S/C17H15Cl2N3O/c1-22(10-13-3-2-4-15(18)17(13)19)11-16(23)21-14-7-5-12(9-20)6-8-14/h2-8H,10-11H2,1H3,(H,21,23)/p+1. The first-order valence-electron chi connectivity index (χ1n) is 7.04. The molecule has 1 atom stereocenters. The van der Waals surface area contributed by atoms with Crippen molar-refractivity contribution in [2.24, 2.45) is 0 Å². The van der Waals surface area contributed by atoms with Crippen LogP contribution in [0.3, 0.4) is 0 Å². The molecule has 0 aliphatic carbocycles. The van der Waals surface area contributed by atoms with E-state index in [9.17, 15) is 4.79 Å². The van der Waals surface area contributed by atoms with Gasteiger partial charge in [0.1, 0.15) is 6.54 Å². The molecule has 23 heavy (non-hydrogen) atoms. The number of carbonyl (C=O) groups excluding carboxylic acids is 1. The lowest BCUT2D eigenvalue weighted by molar-refractivity contribution is -0.885. The molecule has 2 rings (SSSR count). The summed E-state index contributed by atoms with van der Waals surface area (Å²) in [7, 11) is 1.91. The Morgan fingerprint density at radius 3 is 2.57 bits per heavy atom. The molecule has 0 saturated carbocycles. The average molecular weight is 349 g/mol. The molecule has 0 heterocycles. The molecular formula is C17H16Cl2N3O+. The van der Waals surface area contributed by atoms with E-state index >= 15 is 0 Å². The number of halogens is 2. The molecule has 2 N–H and O–H groups in total. The molecule has 0 fully saturated rings. The van der Waals surface area contributed by atoms with Crippen LogP contribution >= 0.6 is 23.2 Å². The number of likely N-dealkylation sites (N-methyl/N-ethyl adjacent to an activating group) is 1. The van der Waals surface area contributed by atoms with E-state index in [2.05, 4.69) is 5.32 Å². The Bertz CT molecular complexity index is 738. The zero-order chi connectivity index (χ0) is 16.8. The van der Waals surface area contributed by atoms with Gasteiger partial charge in [0.15, 0.2) is 6.54 Å². The summed E-state index contributed by atoms with van der Waals surface area (Å²) in [6.07, 6.45) is 0. The highest BCUT2D eigenvalue weighted by Gasteiger charge is 2.13. The molecule has 0 bridgehead atoms. The summed E-state index contributed by atoms with van der Waals surface area (Å²) in [4.78, 5) is 13.0. The van der Waals surface area contributed by atoms with Gasteiger partial charge < -0.3 is 10.2 Å². The SMILES string of the molecule is C[NH+](CC(=O)Nc1ccc(C#N)cc1)Cc1cccc(Cl)c1Cl. The highest BCUT2D eigenvalue weighted by Crippen LogP contribution is 2.24. The van der Waals surface area contributed by atoms with Crippen molar-refractivity contribution in [3.05, 3.63) is 63.6 Å². The summed E-state index contributed by atoms with van der Waals surface area (Å²) in [5.41, 5.74) is 2.13. The molecule has 6 heteroatoms. The number of benzene rings is 2. The Hall–Kier alpha value is -2.06. The Labute approximate surface area is 145 Å². The Balaban J connectivity index is 1.91. The third-order valence-corrected chi connectivity index (χ3v) is 4.14. The van der Waals surface area contributed by atoms with Crippen molar-refractivity contribution in [1.82, 2.24) is 0 Å². The van der Waals surface area contributed by atoms with Crippen LogP contribution in [0.15, 0.2) is 42.5 Å². The van der Waals surface area contributed by atoms with E-state index in [0.717, 1.165) is 10.5 Å². The molecule has 0 aliphatic heterocycles. The van der Waals surface area contributed by atoms with Crippen molar-refractivity contribution in [2.75, 3.05) is 18.9 Å². The third kappa shape index (κ3) is 4.97. The van der Waals surface area contributed by atoms with E-state index in [0.29, 0.717) is 34.4 Å². The predicted octanol–water partition coefficient (Wildman–Crippen LogP) is 2.52. The summed E-state index contributed by atoms with van der Waals surface area (Å²) in [5, 5.41) is 12.6. The molecule has 2 aromatic carbocycles. The van der Waals surface area contributed by atoms with Crippen LogP contribution in [0.2, 0.25) is 10.0 Å². The number of anilines is 1. The van der Waals surface area contributed by atoms with Crippen molar-refractivity contribution in [1.29, 1.82) is 5.26 Å². The first-order chi connectivity index (χ1) is 11.0. The van der Waals surface area contributed by atoms with Crippen LogP contribution in [0, 0.1) is 11.3 Å². The summed E-state index contributed by atoms with van der Waals surface area (Å²) in [5.74, 6) is -0.106. The minimum absolute atomic E-state index is 0.106. The van der Waals surface area contributed by atoms with E-state index in [4.69, 9.17) is 28.5 Å². The number of quaternary nitrogens is 1. The van der Waals surface area contributed by atoms with Gasteiger partial charge in [-0.15, -0.1) is 0 Å². The maximum Gasteiger partial charge on any atom is 0.279 e. The number of hydrogen-bond acceptors (Lipinski definition) is 2. The van der Waals surface area contributed by atoms with Gasteiger partial charge in [-0.25, -0.2) is 0 Å². The van der Waals surface area contributed by atoms with Crippen LogP contribution in [0.4, 0.5) is 5.69 Å². The zero-order valence-electron chi connectivity index (χ0n) is 12.6. The molecule has 118 valence electrons. The summed E-state index contributed by atoms with van der Waals surface area (Å²) in [6, 6.07) is 14.3. The van der Waals surface area contributed by atoms with Crippen molar-refractivity contribution in [3.8, 4) is 6.07 Å². The van der Waals surface area contributed by atoms with Gasteiger partial charge in [-0.2, -0.15) is 5.26 Å². The number of hydrogen-bond donors (Lipinski definition) is 2. The van der Waals surface area contributed by atoms with E-state index < -0.39 is 0 Å². The topological polar surface area (TPSA) is 57.3 Å². The maximum absolute atomic E-state index is 12.1. The summed E-state index contributed by atoms with van der Waals surface area (Å²) in [6.45, 7) is 0.892. The zero-order valence-corrected chi connectivity index (χ0v) is 14.1. The normalized spacial score (nSPS) is 11.6. The van der Waals surface area contributed by atoms with Crippen molar-refractivity contribution in [2.45, 2.75) is 6.54 Å². The second-order valence-electron chi connectivity index (χ2n) is 5.26. The third-order valence-electron chi connectivity index (χ3n) is 3.28. The molecule has 2 aromatic rings. The average Bonchev–Trinajstić information content (AvgIpc) is 2.52. The molecule has 0 radical (unpaired) electrons.